The Morgan fingerprint density at radius 1 is 1.17 bits per heavy atom. The molecule has 0 saturated heterocycles. The molecule has 0 radical (unpaired) electrons. The number of carbonyl (C=O) groups is 4. The highest BCUT2D eigenvalue weighted by Gasteiger charge is 2.27. The number of nitrogens with zero attached hydrogens (tertiary/aromatic N) is 1. The third-order valence-corrected chi connectivity index (χ3v) is 4.32. The highest BCUT2D eigenvalue weighted by Crippen LogP contribution is 2.25. The molecule has 0 aliphatic heterocycles. The van der Waals surface area contributed by atoms with Gasteiger partial charge in [-0.05, 0) is 25.0 Å². The zero-order chi connectivity index (χ0) is 22.1. The maximum Gasteiger partial charge on any atom is 0.339 e. The Balaban J connectivity index is 0.000000343. The van der Waals surface area contributed by atoms with E-state index in [4.69, 9.17) is 14.9 Å². The van der Waals surface area contributed by atoms with Gasteiger partial charge < -0.3 is 25.3 Å². The fraction of sp³-hybridized carbons (Fsp3) is 0.250. The number of esters is 1. The molecule has 4 N–H and O–H groups in total. The van der Waals surface area contributed by atoms with Crippen molar-refractivity contribution in [3.63, 3.8) is 0 Å². The summed E-state index contributed by atoms with van der Waals surface area (Å²) in [6, 6.07) is 6.85. The summed E-state index contributed by atoms with van der Waals surface area (Å²) in [6.07, 6.45) is 4.96. The number of carboxylic acid groups (broad SMARTS) is 2. The number of anilines is 1. The summed E-state index contributed by atoms with van der Waals surface area (Å²) in [4.78, 5) is 50.6. The van der Waals surface area contributed by atoms with E-state index in [1.807, 2.05) is 0 Å². The number of amides is 1. The van der Waals surface area contributed by atoms with Gasteiger partial charge in [-0.15, -0.1) is 0 Å². The normalized spacial score (nSPS) is 14.8. The van der Waals surface area contributed by atoms with Crippen LogP contribution in [0.4, 0.5) is 5.69 Å². The number of para-hydroxylation sites is 1. The molecule has 1 unspecified atom stereocenters. The van der Waals surface area contributed by atoms with Crippen LogP contribution >= 0.6 is 0 Å². The number of rotatable bonds is 5. The Morgan fingerprint density at radius 2 is 1.83 bits per heavy atom. The van der Waals surface area contributed by atoms with Gasteiger partial charge in [0.15, 0.2) is 0 Å². The third-order valence-electron chi connectivity index (χ3n) is 4.32. The van der Waals surface area contributed by atoms with Crippen molar-refractivity contribution in [2.75, 3.05) is 12.4 Å². The molecule has 0 saturated carbocycles. The number of aryl methyl sites for hydroxylation is 1. The molecule has 10 nitrogen and oxygen atoms in total. The van der Waals surface area contributed by atoms with Crippen molar-refractivity contribution in [1.82, 2.24) is 9.97 Å². The number of nitrogens with one attached hydrogen (secondary N) is 2. The Labute approximate surface area is 171 Å². The van der Waals surface area contributed by atoms with Crippen molar-refractivity contribution in [2.45, 2.75) is 19.3 Å². The highest BCUT2D eigenvalue weighted by atomic mass is 16.5. The first-order valence-corrected chi connectivity index (χ1v) is 8.95. The zero-order valence-corrected chi connectivity index (χ0v) is 16.1. The molecule has 158 valence electrons. The molecule has 3 rings (SSSR count). The number of hydrogen-bond acceptors (Lipinski definition) is 6. The fourth-order valence-corrected chi connectivity index (χ4v) is 2.88. The second kappa shape index (κ2) is 10.6. The third kappa shape index (κ3) is 6.30. The molecule has 0 spiro atoms. The van der Waals surface area contributed by atoms with Crippen molar-refractivity contribution >= 4 is 29.5 Å². The van der Waals surface area contributed by atoms with Gasteiger partial charge in [0.2, 0.25) is 5.91 Å². The molecule has 1 aliphatic rings. The Kier molecular flexibility index (Phi) is 7.86. The van der Waals surface area contributed by atoms with Crippen LogP contribution in [-0.2, 0) is 32.0 Å². The first-order valence-electron chi connectivity index (χ1n) is 8.95. The minimum atomic E-state index is -1.26. The quantitative estimate of drug-likeness (QED) is 0.424. The molecule has 2 aromatic rings. The van der Waals surface area contributed by atoms with Gasteiger partial charge in [-0.25, -0.2) is 19.4 Å². The van der Waals surface area contributed by atoms with Crippen molar-refractivity contribution < 1.29 is 34.1 Å². The van der Waals surface area contributed by atoms with Crippen LogP contribution in [0, 0.1) is 5.92 Å². The summed E-state index contributed by atoms with van der Waals surface area (Å²) in [5.41, 5.74) is 2.90. The number of fused-ring (bicyclic) bond motifs is 1. The van der Waals surface area contributed by atoms with E-state index in [9.17, 15) is 19.2 Å². The fourth-order valence-electron chi connectivity index (χ4n) is 2.88. The predicted molar refractivity (Wildman–Crippen MR) is 105 cm³/mol. The topological polar surface area (TPSA) is 159 Å². The van der Waals surface area contributed by atoms with E-state index in [1.54, 1.807) is 30.6 Å². The lowest BCUT2D eigenvalue weighted by atomic mass is 9.89. The van der Waals surface area contributed by atoms with Crippen molar-refractivity contribution in [3.8, 4) is 0 Å². The second-order valence-corrected chi connectivity index (χ2v) is 6.30. The number of ether oxygens (including phenoxy) is 1. The average molecular weight is 415 g/mol. The van der Waals surface area contributed by atoms with Crippen LogP contribution in [0.5, 0.6) is 0 Å². The summed E-state index contributed by atoms with van der Waals surface area (Å²) >= 11 is 0. The van der Waals surface area contributed by atoms with Gasteiger partial charge in [0.25, 0.3) is 0 Å². The predicted octanol–water partition coefficient (Wildman–Crippen LogP) is 1.65. The maximum atomic E-state index is 12.5. The van der Waals surface area contributed by atoms with Gasteiger partial charge in [-0.2, -0.15) is 0 Å². The van der Waals surface area contributed by atoms with E-state index < -0.39 is 17.9 Å². The molecular formula is C20H21N3O7. The molecule has 1 aromatic carbocycles. The van der Waals surface area contributed by atoms with Gasteiger partial charge in [0.1, 0.15) is 0 Å². The molecule has 1 aliphatic carbocycles. The number of aliphatic carboxylic acids is 2. The van der Waals surface area contributed by atoms with Gasteiger partial charge in [-0.1, -0.05) is 12.1 Å². The number of benzene rings is 1. The smallest absolute Gasteiger partial charge is 0.339 e. The first-order chi connectivity index (χ1) is 14.3. The summed E-state index contributed by atoms with van der Waals surface area (Å²) in [5.74, 6) is -3.19. The number of hydrogen-bond donors (Lipinski definition) is 4. The zero-order valence-electron chi connectivity index (χ0n) is 16.1. The maximum absolute atomic E-state index is 12.5. The van der Waals surface area contributed by atoms with Crippen LogP contribution in [-0.4, -0.2) is 51.1 Å². The van der Waals surface area contributed by atoms with Crippen LogP contribution in [0.15, 0.2) is 42.7 Å². The van der Waals surface area contributed by atoms with Crippen LogP contribution in [0.2, 0.25) is 0 Å². The Hall–Kier alpha value is -3.95. The monoisotopic (exact) mass is 415 g/mol. The molecule has 30 heavy (non-hydrogen) atoms. The molecule has 1 heterocycles. The number of carbonyl (C=O) groups excluding carboxylic acids is 2. The standard InChI is InChI=1S/C16H17N3O3.C4H4O4/c1-22-16(21)11-4-2-3-5-12(11)19-15(20)10-6-7-13-14(8-10)18-9-17-13;5-3(6)1-2-4(7)8/h2-5,9-10H,6-8H2,1H3,(H,17,18)(H,19,20);1-2H,(H,5,6)(H,7,8)/b;2-1+. The van der Waals surface area contributed by atoms with Crippen molar-refractivity contribution in [2.24, 2.45) is 5.92 Å². The lowest BCUT2D eigenvalue weighted by Gasteiger charge is -2.21. The van der Waals surface area contributed by atoms with E-state index in [0.717, 1.165) is 24.2 Å². The lowest BCUT2D eigenvalue weighted by molar-refractivity contribution is -0.134. The van der Waals surface area contributed by atoms with E-state index in [2.05, 4.69) is 15.3 Å². The van der Waals surface area contributed by atoms with E-state index >= 15 is 0 Å². The van der Waals surface area contributed by atoms with Crippen LogP contribution in [0.3, 0.4) is 0 Å². The molecular weight excluding hydrogens is 394 g/mol. The van der Waals surface area contributed by atoms with Crippen LogP contribution in [0.1, 0.15) is 28.2 Å². The number of methoxy groups -OCH3 is 1. The first kappa shape index (κ1) is 22.3. The molecule has 1 amide bonds. The largest absolute Gasteiger partial charge is 0.478 e. The van der Waals surface area contributed by atoms with Gasteiger partial charge in [-0.3, -0.25) is 4.79 Å². The Bertz CT molecular complexity index is 949. The summed E-state index contributed by atoms with van der Waals surface area (Å²) < 4.78 is 4.74. The minimum absolute atomic E-state index is 0.0865. The summed E-state index contributed by atoms with van der Waals surface area (Å²) in [6.45, 7) is 0. The Morgan fingerprint density at radius 3 is 2.47 bits per heavy atom. The van der Waals surface area contributed by atoms with Crippen molar-refractivity contribution in [1.29, 1.82) is 0 Å². The molecule has 1 aromatic heterocycles. The van der Waals surface area contributed by atoms with Gasteiger partial charge >= 0.3 is 17.9 Å². The SMILES string of the molecule is COC(=O)c1ccccc1NC(=O)C1CCc2nc[nH]c2C1.O=C(O)/C=C/C(=O)O. The van der Waals surface area contributed by atoms with Gasteiger partial charge in [0, 0.05) is 30.2 Å². The lowest BCUT2D eigenvalue weighted by Crippen LogP contribution is -2.29. The van der Waals surface area contributed by atoms with Crippen LogP contribution in [0.25, 0.3) is 0 Å². The molecule has 10 heteroatoms. The summed E-state index contributed by atoms with van der Waals surface area (Å²) in [5, 5.41) is 18.5. The number of aromatic nitrogens is 2. The number of aromatic amines is 1. The summed E-state index contributed by atoms with van der Waals surface area (Å²) in [7, 11) is 1.32. The van der Waals surface area contributed by atoms with Crippen LogP contribution < -0.4 is 5.32 Å². The highest BCUT2D eigenvalue weighted by molar-refractivity contribution is 6.01. The van der Waals surface area contributed by atoms with E-state index in [-0.39, 0.29) is 11.8 Å². The minimum Gasteiger partial charge on any atom is -0.478 e. The number of H-pyrrole nitrogens is 1. The molecule has 0 bridgehead atoms. The van der Waals surface area contributed by atoms with Gasteiger partial charge in [0.05, 0.1) is 30.4 Å². The molecule has 0 fully saturated rings. The van der Waals surface area contributed by atoms with Crippen molar-refractivity contribution in [3.05, 3.63) is 59.7 Å². The number of carboxylic acids is 2. The number of imidazole rings is 1. The van der Waals surface area contributed by atoms with E-state index in [1.165, 1.54) is 7.11 Å². The average Bonchev–Trinajstić information content (AvgIpc) is 3.20. The second-order valence-electron chi connectivity index (χ2n) is 6.30. The van der Waals surface area contributed by atoms with E-state index in [0.29, 0.717) is 29.8 Å². The molecule has 1 atom stereocenters.